The number of benzene rings is 1. The first-order chi connectivity index (χ1) is 11.0. The number of rotatable bonds is 5. The van der Waals surface area contributed by atoms with Gasteiger partial charge in [0.05, 0.1) is 5.56 Å². The molecular formula is C18H24FNO3. The van der Waals surface area contributed by atoms with Crippen molar-refractivity contribution in [1.29, 1.82) is 0 Å². The first kappa shape index (κ1) is 17.4. The van der Waals surface area contributed by atoms with Gasteiger partial charge in [-0.1, -0.05) is 25.3 Å². The zero-order chi connectivity index (χ0) is 16.8. The third-order valence-electron chi connectivity index (χ3n) is 4.35. The Hall–Kier alpha value is -1.91. The highest BCUT2D eigenvalue weighted by Gasteiger charge is 2.21. The van der Waals surface area contributed by atoms with Crippen LogP contribution in [-0.2, 0) is 9.53 Å². The molecule has 0 bridgehead atoms. The van der Waals surface area contributed by atoms with Gasteiger partial charge in [0.25, 0.3) is 5.91 Å². The maximum absolute atomic E-state index is 13.5. The van der Waals surface area contributed by atoms with Crippen LogP contribution < -0.4 is 5.32 Å². The molecule has 0 aromatic heterocycles. The van der Waals surface area contributed by atoms with Gasteiger partial charge in [-0.3, -0.25) is 4.79 Å². The molecule has 1 saturated carbocycles. The summed E-state index contributed by atoms with van der Waals surface area (Å²) in [7, 11) is 0. The Morgan fingerprint density at radius 1 is 1.30 bits per heavy atom. The number of ether oxygens (including phenoxy) is 1. The van der Waals surface area contributed by atoms with Crippen LogP contribution >= 0.6 is 0 Å². The summed E-state index contributed by atoms with van der Waals surface area (Å²) in [5, 5.41) is 2.84. The predicted octanol–water partition coefficient (Wildman–Crippen LogP) is 3.38. The van der Waals surface area contributed by atoms with Crippen molar-refractivity contribution in [3.8, 4) is 0 Å². The first-order valence-corrected chi connectivity index (χ1v) is 8.22. The van der Waals surface area contributed by atoms with Gasteiger partial charge in [-0.2, -0.15) is 0 Å². The molecule has 126 valence electrons. The average molecular weight is 321 g/mol. The lowest BCUT2D eigenvalue weighted by molar-refractivity contribution is -0.129. The van der Waals surface area contributed by atoms with E-state index >= 15 is 0 Å². The molecule has 0 heterocycles. The fourth-order valence-electron chi connectivity index (χ4n) is 2.78. The van der Waals surface area contributed by atoms with Crippen LogP contribution in [0.1, 0.15) is 54.9 Å². The molecule has 5 heteroatoms. The zero-order valence-electron chi connectivity index (χ0n) is 13.7. The van der Waals surface area contributed by atoms with E-state index in [0.717, 1.165) is 18.9 Å². The van der Waals surface area contributed by atoms with E-state index < -0.39 is 17.9 Å². The molecule has 1 aromatic carbocycles. The standard InChI is InChI=1S/C18H24FNO3/c1-12-8-9-15(10-16(12)19)18(22)23-13(2)17(21)20-11-14-6-4-3-5-7-14/h8-10,13-14H,3-7,11H2,1-2H3,(H,20,21)/t13-/m0/s1. The minimum Gasteiger partial charge on any atom is -0.449 e. The molecule has 2 rings (SSSR count). The normalized spacial score (nSPS) is 16.7. The van der Waals surface area contributed by atoms with Gasteiger partial charge in [-0.15, -0.1) is 0 Å². The molecule has 1 atom stereocenters. The highest BCUT2D eigenvalue weighted by Crippen LogP contribution is 2.22. The van der Waals surface area contributed by atoms with E-state index in [0.29, 0.717) is 18.0 Å². The Labute approximate surface area is 136 Å². The highest BCUT2D eigenvalue weighted by atomic mass is 19.1. The van der Waals surface area contributed by atoms with Gasteiger partial charge >= 0.3 is 5.97 Å². The van der Waals surface area contributed by atoms with E-state index in [9.17, 15) is 14.0 Å². The molecule has 4 nitrogen and oxygen atoms in total. The summed E-state index contributed by atoms with van der Waals surface area (Å²) in [6.07, 6.45) is 5.07. The van der Waals surface area contributed by atoms with Gasteiger partial charge < -0.3 is 10.1 Å². The molecule has 1 aromatic rings. The fourth-order valence-corrected chi connectivity index (χ4v) is 2.78. The van der Waals surface area contributed by atoms with Crippen LogP contribution in [0.2, 0.25) is 0 Å². The summed E-state index contributed by atoms with van der Waals surface area (Å²) in [5.74, 6) is -0.948. The van der Waals surface area contributed by atoms with Crippen LogP contribution in [0.4, 0.5) is 4.39 Å². The Morgan fingerprint density at radius 3 is 2.65 bits per heavy atom. The highest BCUT2D eigenvalue weighted by molar-refractivity contribution is 5.92. The minimum absolute atomic E-state index is 0.111. The summed E-state index contributed by atoms with van der Waals surface area (Å²) in [6, 6.07) is 4.14. The summed E-state index contributed by atoms with van der Waals surface area (Å²) < 4.78 is 18.6. The smallest absolute Gasteiger partial charge is 0.339 e. The number of halogens is 1. The van der Waals surface area contributed by atoms with Crippen molar-refractivity contribution in [2.45, 2.75) is 52.1 Å². The van der Waals surface area contributed by atoms with E-state index in [1.54, 1.807) is 6.92 Å². The van der Waals surface area contributed by atoms with Crippen molar-refractivity contribution >= 4 is 11.9 Å². The van der Waals surface area contributed by atoms with Crippen LogP contribution in [0, 0.1) is 18.7 Å². The second kappa shape index (κ2) is 8.09. The SMILES string of the molecule is Cc1ccc(C(=O)O[C@@H](C)C(=O)NCC2CCCCC2)cc1F. The van der Waals surface area contributed by atoms with Gasteiger partial charge in [-0.05, 0) is 50.3 Å². The van der Waals surface area contributed by atoms with E-state index in [4.69, 9.17) is 4.74 Å². The van der Waals surface area contributed by atoms with Crippen molar-refractivity contribution in [2.75, 3.05) is 6.54 Å². The predicted molar refractivity (Wildman–Crippen MR) is 85.6 cm³/mol. The van der Waals surface area contributed by atoms with Gasteiger partial charge in [0.2, 0.25) is 0 Å². The van der Waals surface area contributed by atoms with Crippen LogP contribution in [0.5, 0.6) is 0 Å². The summed E-state index contributed by atoms with van der Waals surface area (Å²) in [5.41, 5.74) is 0.569. The van der Waals surface area contributed by atoms with Gasteiger partial charge in [0.15, 0.2) is 6.10 Å². The Bertz CT molecular complexity index is 567. The lowest BCUT2D eigenvalue weighted by Crippen LogP contribution is -2.38. The molecule has 0 saturated heterocycles. The molecule has 1 aliphatic carbocycles. The van der Waals surface area contributed by atoms with Crippen molar-refractivity contribution in [3.05, 3.63) is 35.1 Å². The fraction of sp³-hybridized carbons (Fsp3) is 0.556. The van der Waals surface area contributed by atoms with Gasteiger partial charge in [-0.25, -0.2) is 9.18 Å². The topological polar surface area (TPSA) is 55.4 Å². The second-order valence-corrected chi connectivity index (χ2v) is 6.26. The molecule has 0 radical (unpaired) electrons. The number of amides is 1. The largest absolute Gasteiger partial charge is 0.449 e. The Kier molecular flexibility index (Phi) is 6.13. The van der Waals surface area contributed by atoms with Crippen LogP contribution in [-0.4, -0.2) is 24.5 Å². The lowest BCUT2D eigenvalue weighted by Gasteiger charge is -2.22. The lowest BCUT2D eigenvalue weighted by atomic mass is 9.89. The van der Waals surface area contributed by atoms with E-state index in [1.807, 2.05) is 0 Å². The molecule has 0 unspecified atom stereocenters. The number of carbonyl (C=O) groups excluding carboxylic acids is 2. The first-order valence-electron chi connectivity index (χ1n) is 8.22. The monoisotopic (exact) mass is 321 g/mol. The average Bonchev–Trinajstić information content (AvgIpc) is 2.55. The van der Waals surface area contributed by atoms with E-state index in [2.05, 4.69) is 5.32 Å². The quantitative estimate of drug-likeness (QED) is 0.846. The summed E-state index contributed by atoms with van der Waals surface area (Å²) >= 11 is 0. The van der Waals surface area contributed by atoms with Gasteiger partial charge in [0.1, 0.15) is 5.82 Å². The van der Waals surface area contributed by atoms with E-state index in [1.165, 1.54) is 38.3 Å². The van der Waals surface area contributed by atoms with Crippen molar-refractivity contribution < 1.29 is 18.7 Å². The van der Waals surface area contributed by atoms with Crippen LogP contribution in [0.3, 0.4) is 0 Å². The third-order valence-corrected chi connectivity index (χ3v) is 4.35. The molecule has 1 aliphatic rings. The Morgan fingerprint density at radius 2 is 2.00 bits per heavy atom. The third kappa shape index (κ3) is 5.05. The van der Waals surface area contributed by atoms with Crippen LogP contribution in [0.25, 0.3) is 0 Å². The molecule has 1 N–H and O–H groups in total. The summed E-state index contributed by atoms with van der Waals surface area (Å²) in [6.45, 7) is 3.77. The molecular weight excluding hydrogens is 297 g/mol. The molecule has 1 amide bonds. The van der Waals surface area contributed by atoms with E-state index in [-0.39, 0.29) is 11.5 Å². The number of nitrogens with one attached hydrogen (secondary N) is 1. The number of carbonyl (C=O) groups is 2. The number of hydrogen-bond acceptors (Lipinski definition) is 3. The number of aryl methyl sites for hydroxylation is 1. The molecule has 0 spiro atoms. The minimum atomic E-state index is -0.893. The van der Waals surface area contributed by atoms with Gasteiger partial charge in [0, 0.05) is 6.54 Å². The Balaban J connectivity index is 1.82. The molecule has 23 heavy (non-hydrogen) atoms. The van der Waals surface area contributed by atoms with Crippen molar-refractivity contribution in [2.24, 2.45) is 5.92 Å². The molecule has 0 aliphatic heterocycles. The molecule has 1 fully saturated rings. The van der Waals surface area contributed by atoms with Crippen molar-refractivity contribution in [3.63, 3.8) is 0 Å². The van der Waals surface area contributed by atoms with Crippen molar-refractivity contribution in [1.82, 2.24) is 5.32 Å². The second-order valence-electron chi connectivity index (χ2n) is 6.26. The summed E-state index contributed by atoms with van der Waals surface area (Å²) in [4.78, 5) is 24.0. The maximum Gasteiger partial charge on any atom is 0.339 e. The van der Waals surface area contributed by atoms with Crippen LogP contribution in [0.15, 0.2) is 18.2 Å². The number of esters is 1. The maximum atomic E-state index is 13.5. The number of hydrogen-bond donors (Lipinski definition) is 1. The zero-order valence-corrected chi connectivity index (χ0v) is 13.7.